The molecule has 0 saturated carbocycles. The molecule has 0 aliphatic rings. The van der Waals surface area contributed by atoms with Gasteiger partial charge in [0, 0.05) is 17.3 Å². The standard InChI is InChI=1S/C13H18S3/c1-2-9-15-16-11-6-10-14-12-13-7-4-3-5-8-13/h3-8,11H,2,9-10,12H2,1H3/b11-6-. The molecule has 0 saturated heterocycles. The average molecular weight is 270 g/mol. The number of thioether (sulfide) groups is 1. The molecule has 1 aromatic carbocycles. The summed E-state index contributed by atoms with van der Waals surface area (Å²) in [6, 6.07) is 10.6. The van der Waals surface area contributed by atoms with E-state index in [1.54, 1.807) is 0 Å². The minimum absolute atomic E-state index is 1.11. The Labute approximate surface area is 111 Å². The second-order valence-electron chi connectivity index (χ2n) is 3.29. The van der Waals surface area contributed by atoms with E-state index in [9.17, 15) is 0 Å². The Balaban J connectivity index is 1.99. The van der Waals surface area contributed by atoms with Crippen molar-refractivity contribution in [2.45, 2.75) is 19.1 Å². The Bertz CT molecular complexity index is 282. The van der Waals surface area contributed by atoms with Gasteiger partial charge >= 0.3 is 0 Å². The fourth-order valence-electron chi connectivity index (χ4n) is 1.07. The molecule has 1 rings (SSSR count). The fraction of sp³-hybridized carbons (Fsp3) is 0.385. The number of rotatable bonds is 8. The number of hydrogen-bond donors (Lipinski definition) is 0. The second-order valence-corrected chi connectivity index (χ2v) is 6.71. The Kier molecular flexibility index (Phi) is 8.96. The van der Waals surface area contributed by atoms with E-state index in [1.807, 2.05) is 33.3 Å². The molecule has 1 aromatic rings. The molecule has 0 aromatic heterocycles. The van der Waals surface area contributed by atoms with Crippen LogP contribution in [0.1, 0.15) is 18.9 Å². The van der Waals surface area contributed by atoms with Crippen molar-refractivity contribution in [2.24, 2.45) is 0 Å². The van der Waals surface area contributed by atoms with Crippen LogP contribution in [0.3, 0.4) is 0 Å². The molecule has 0 aliphatic carbocycles. The van der Waals surface area contributed by atoms with Gasteiger partial charge in [0.2, 0.25) is 0 Å². The van der Waals surface area contributed by atoms with Crippen LogP contribution >= 0.6 is 33.3 Å². The van der Waals surface area contributed by atoms with Crippen LogP contribution in [-0.2, 0) is 5.75 Å². The van der Waals surface area contributed by atoms with Gasteiger partial charge in [0.05, 0.1) is 0 Å². The molecular formula is C13H18S3. The van der Waals surface area contributed by atoms with E-state index in [4.69, 9.17) is 0 Å². The molecule has 16 heavy (non-hydrogen) atoms. The monoisotopic (exact) mass is 270 g/mol. The topological polar surface area (TPSA) is 0 Å². The van der Waals surface area contributed by atoms with Crippen LogP contribution in [0.15, 0.2) is 41.8 Å². The summed E-state index contributed by atoms with van der Waals surface area (Å²) in [5, 5.41) is 2.21. The Morgan fingerprint density at radius 1 is 1.19 bits per heavy atom. The molecule has 0 N–H and O–H groups in total. The maximum Gasteiger partial charge on any atom is 0.0187 e. The van der Waals surface area contributed by atoms with Crippen LogP contribution in [0.2, 0.25) is 0 Å². The van der Waals surface area contributed by atoms with Gasteiger partial charge in [-0.3, -0.25) is 0 Å². The first-order valence-electron chi connectivity index (χ1n) is 5.48. The summed E-state index contributed by atoms with van der Waals surface area (Å²) in [5.41, 5.74) is 1.41. The summed E-state index contributed by atoms with van der Waals surface area (Å²) in [6.07, 6.45) is 3.51. The molecule has 0 aliphatic heterocycles. The van der Waals surface area contributed by atoms with Crippen LogP contribution in [0.25, 0.3) is 0 Å². The van der Waals surface area contributed by atoms with E-state index in [1.165, 1.54) is 17.7 Å². The van der Waals surface area contributed by atoms with Gasteiger partial charge in [0.15, 0.2) is 0 Å². The molecule has 0 fully saturated rings. The Hall–Kier alpha value is 0.01000. The van der Waals surface area contributed by atoms with Crippen molar-refractivity contribution >= 4 is 33.3 Å². The van der Waals surface area contributed by atoms with Crippen molar-refractivity contribution in [2.75, 3.05) is 11.5 Å². The van der Waals surface area contributed by atoms with Crippen molar-refractivity contribution in [3.05, 3.63) is 47.4 Å². The van der Waals surface area contributed by atoms with Crippen LogP contribution in [0.4, 0.5) is 0 Å². The van der Waals surface area contributed by atoms with Crippen LogP contribution in [0, 0.1) is 0 Å². The first kappa shape index (κ1) is 14.1. The van der Waals surface area contributed by atoms with E-state index in [-0.39, 0.29) is 0 Å². The molecule has 0 bridgehead atoms. The summed E-state index contributed by atoms with van der Waals surface area (Å²) in [6.45, 7) is 2.22. The van der Waals surface area contributed by atoms with E-state index in [0.29, 0.717) is 0 Å². The van der Waals surface area contributed by atoms with E-state index >= 15 is 0 Å². The number of hydrogen-bond acceptors (Lipinski definition) is 3. The molecule has 88 valence electrons. The molecule has 3 heteroatoms. The molecule has 0 nitrogen and oxygen atoms in total. The van der Waals surface area contributed by atoms with Gasteiger partial charge in [0.1, 0.15) is 0 Å². The lowest BCUT2D eigenvalue weighted by molar-refractivity contribution is 1.11. The van der Waals surface area contributed by atoms with Crippen LogP contribution in [0.5, 0.6) is 0 Å². The highest BCUT2D eigenvalue weighted by Gasteiger charge is 1.89. The van der Waals surface area contributed by atoms with Gasteiger partial charge in [-0.2, -0.15) is 11.8 Å². The molecule has 0 atom stereocenters. The summed E-state index contributed by atoms with van der Waals surface area (Å²) in [4.78, 5) is 0. The quantitative estimate of drug-likeness (QED) is 0.469. The normalized spacial score (nSPS) is 11.1. The van der Waals surface area contributed by atoms with Crippen molar-refractivity contribution in [1.29, 1.82) is 0 Å². The lowest BCUT2D eigenvalue weighted by Crippen LogP contribution is -1.79. The third-order valence-electron chi connectivity index (χ3n) is 1.83. The van der Waals surface area contributed by atoms with Crippen LogP contribution in [-0.4, -0.2) is 11.5 Å². The van der Waals surface area contributed by atoms with Crippen LogP contribution < -0.4 is 0 Å². The summed E-state index contributed by atoms with van der Waals surface area (Å²) >= 11 is 1.96. The fourth-order valence-corrected chi connectivity index (χ4v) is 3.74. The van der Waals surface area contributed by atoms with Crippen molar-refractivity contribution in [3.8, 4) is 0 Å². The largest absolute Gasteiger partial charge is 0.153 e. The minimum atomic E-state index is 1.11. The maximum atomic E-state index is 2.25. The number of benzene rings is 1. The van der Waals surface area contributed by atoms with Crippen molar-refractivity contribution in [1.82, 2.24) is 0 Å². The Morgan fingerprint density at radius 2 is 2.00 bits per heavy atom. The third kappa shape index (κ3) is 7.31. The molecule has 0 spiro atoms. The highest BCUT2D eigenvalue weighted by molar-refractivity contribution is 8.77. The molecular weight excluding hydrogens is 252 g/mol. The van der Waals surface area contributed by atoms with Gasteiger partial charge in [0.25, 0.3) is 0 Å². The lowest BCUT2D eigenvalue weighted by atomic mass is 10.2. The van der Waals surface area contributed by atoms with Gasteiger partial charge in [-0.05, 0) is 17.4 Å². The zero-order valence-corrected chi connectivity index (χ0v) is 12.0. The van der Waals surface area contributed by atoms with Gasteiger partial charge in [-0.1, -0.05) is 64.9 Å². The lowest BCUT2D eigenvalue weighted by Gasteiger charge is -1.98. The minimum Gasteiger partial charge on any atom is -0.153 e. The highest BCUT2D eigenvalue weighted by atomic mass is 33.1. The smallest absolute Gasteiger partial charge is 0.0187 e. The van der Waals surface area contributed by atoms with E-state index in [0.717, 1.165) is 11.5 Å². The maximum absolute atomic E-state index is 2.25. The van der Waals surface area contributed by atoms with Crippen molar-refractivity contribution < 1.29 is 0 Å². The predicted molar refractivity (Wildman–Crippen MR) is 82.1 cm³/mol. The first-order valence-corrected chi connectivity index (χ1v) is 9.02. The SMILES string of the molecule is CCCSS/C=C\CSCc1ccccc1. The Morgan fingerprint density at radius 3 is 2.75 bits per heavy atom. The zero-order chi connectivity index (χ0) is 11.5. The zero-order valence-electron chi connectivity index (χ0n) is 9.59. The summed E-state index contributed by atoms with van der Waals surface area (Å²) in [5.74, 6) is 3.46. The molecule has 0 radical (unpaired) electrons. The van der Waals surface area contributed by atoms with Gasteiger partial charge in [-0.25, -0.2) is 0 Å². The average Bonchev–Trinajstić information content (AvgIpc) is 2.34. The molecule has 0 heterocycles. The molecule has 0 amide bonds. The predicted octanol–water partition coefficient (Wildman–Crippen LogP) is 5.22. The van der Waals surface area contributed by atoms with E-state index < -0.39 is 0 Å². The molecule has 0 unspecified atom stereocenters. The first-order chi connectivity index (χ1) is 7.93. The van der Waals surface area contributed by atoms with Gasteiger partial charge in [-0.15, -0.1) is 0 Å². The second kappa shape index (κ2) is 10.2. The van der Waals surface area contributed by atoms with Crippen molar-refractivity contribution in [3.63, 3.8) is 0 Å². The highest BCUT2D eigenvalue weighted by Crippen LogP contribution is 2.23. The third-order valence-corrected chi connectivity index (χ3v) is 5.05. The van der Waals surface area contributed by atoms with Gasteiger partial charge < -0.3 is 0 Å². The summed E-state index contributed by atoms with van der Waals surface area (Å²) < 4.78 is 0. The summed E-state index contributed by atoms with van der Waals surface area (Å²) in [7, 11) is 3.78. The van der Waals surface area contributed by atoms with E-state index in [2.05, 4.69) is 48.7 Å².